The molecule has 256 valence electrons. The van der Waals surface area contributed by atoms with E-state index in [0.29, 0.717) is 24.7 Å². The van der Waals surface area contributed by atoms with Gasteiger partial charge in [-0.3, -0.25) is 9.69 Å². The first-order chi connectivity index (χ1) is 21.3. The number of hydrogen-bond acceptors (Lipinski definition) is 7. The van der Waals surface area contributed by atoms with Gasteiger partial charge in [0.15, 0.2) is 5.13 Å². The van der Waals surface area contributed by atoms with E-state index in [-0.39, 0.29) is 12.1 Å². The average molecular weight is 638 g/mol. The van der Waals surface area contributed by atoms with E-state index in [1.54, 1.807) is 11.1 Å². The van der Waals surface area contributed by atoms with E-state index >= 15 is 0 Å². The van der Waals surface area contributed by atoms with E-state index in [1.165, 1.54) is 101 Å². The molecule has 1 amide bonds. The van der Waals surface area contributed by atoms with Crippen LogP contribution in [0.15, 0.2) is 11.6 Å². The third-order valence-electron chi connectivity index (χ3n) is 7.81. The second-order valence-corrected chi connectivity index (χ2v) is 14.1. The van der Waals surface area contributed by atoms with Crippen molar-refractivity contribution in [3.05, 3.63) is 11.6 Å². The smallest absolute Gasteiger partial charge is 0.416 e. The lowest BCUT2D eigenvalue weighted by Gasteiger charge is -2.27. The Morgan fingerprint density at radius 3 is 1.77 bits per heavy atom. The Bertz CT molecular complexity index is 813. The molecule has 8 heteroatoms. The Morgan fingerprint density at radius 1 is 0.705 bits per heavy atom. The Hall–Kier alpha value is -1.67. The van der Waals surface area contributed by atoms with E-state index in [1.807, 2.05) is 26.2 Å². The second kappa shape index (κ2) is 26.5. The molecule has 0 radical (unpaired) electrons. The zero-order valence-electron chi connectivity index (χ0n) is 29.2. The van der Waals surface area contributed by atoms with E-state index in [4.69, 9.17) is 9.47 Å². The Kier molecular flexibility index (Phi) is 24.3. The van der Waals surface area contributed by atoms with Gasteiger partial charge in [0.05, 0.1) is 6.61 Å². The van der Waals surface area contributed by atoms with Crippen LogP contribution in [0.3, 0.4) is 0 Å². The summed E-state index contributed by atoms with van der Waals surface area (Å²) in [6.45, 7) is 14.5. The molecule has 0 aliphatic rings. The van der Waals surface area contributed by atoms with Gasteiger partial charge in [0.25, 0.3) is 0 Å². The SMILES string of the molecule is CCCCCCCCCOC(=O)CCCCCCCN(CCCCCCCC)CCCN(C(=O)OC(C)(C)C)c1nccs1. The van der Waals surface area contributed by atoms with Gasteiger partial charge in [0, 0.05) is 24.5 Å². The first-order valence-corrected chi connectivity index (χ1v) is 18.9. The number of anilines is 1. The number of esters is 1. The lowest BCUT2D eigenvalue weighted by Crippen LogP contribution is -2.39. The highest BCUT2D eigenvalue weighted by molar-refractivity contribution is 7.13. The third-order valence-corrected chi connectivity index (χ3v) is 8.61. The molecule has 1 rings (SSSR count). The quantitative estimate of drug-likeness (QED) is 0.0672. The second-order valence-electron chi connectivity index (χ2n) is 13.3. The third kappa shape index (κ3) is 22.8. The number of carbonyl (C=O) groups excluding carboxylic acids is 2. The van der Waals surface area contributed by atoms with Gasteiger partial charge in [0.2, 0.25) is 0 Å². The Labute approximate surface area is 274 Å². The zero-order chi connectivity index (χ0) is 32.3. The van der Waals surface area contributed by atoms with Crippen molar-refractivity contribution in [1.82, 2.24) is 9.88 Å². The lowest BCUT2D eigenvalue weighted by atomic mass is 10.1. The highest BCUT2D eigenvalue weighted by Gasteiger charge is 2.25. The summed E-state index contributed by atoms with van der Waals surface area (Å²) in [6, 6.07) is 0. The zero-order valence-corrected chi connectivity index (χ0v) is 30.0. The number of thiazole rings is 1. The molecule has 1 aromatic heterocycles. The maximum Gasteiger partial charge on any atom is 0.416 e. The van der Waals surface area contributed by atoms with Gasteiger partial charge in [0.1, 0.15) is 5.60 Å². The number of aromatic nitrogens is 1. The summed E-state index contributed by atoms with van der Waals surface area (Å²) in [6.07, 6.45) is 24.8. The number of nitrogens with zero attached hydrogens (tertiary/aromatic N) is 3. The monoisotopic (exact) mass is 637 g/mol. The van der Waals surface area contributed by atoms with Crippen molar-refractivity contribution in [2.24, 2.45) is 0 Å². The number of rotatable bonds is 28. The summed E-state index contributed by atoms with van der Waals surface area (Å²) in [5.74, 6) is -0.0285. The van der Waals surface area contributed by atoms with Crippen LogP contribution < -0.4 is 4.90 Å². The van der Waals surface area contributed by atoms with Crippen molar-refractivity contribution in [3.8, 4) is 0 Å². The first-order valence-electron chi connectivity index (χ1n) is 18.0. The molecule has 0 bridgehead atoms. The van der Waals surface area contributed by atoms with Crippen LogP contribution in [-0.2, 0) is 14.3 Å². The molecule has 0 unspecified atom stereocenters. The Morgan fingerprint density at radius 2 is 1.23 bits per heavy atom. The molecule has 0 N–H and O–H groups in total. The van der Waals surface area contributed by atoms with Gasteiger partial charge in [-0.2, -0.15) is 0 Å². The molecule has 1 heterocycles. The van der Waals surface area contributed by atoms with Crippen molar-refractivity contribution in [2.45, 2.75) is 169 Å². The van der Waals surface area contributed by atoms with Gasteiger partial charge in [-0.05, 0) is 72.5 Å². The average Bonchev–Trinajstić information content (AvgIpc) is 3.51. The maximum atomic E-state index is 12.9. The Balaban J connectivity index is 2.34. The van der Waals surface area contributed by atoms with E-state index in [0.717, 1.165) is 51.7 Å². The normalized spacial score (nSPS) is 11.7. The molecule has 0 atom stereocenters. The predicted molar refractivity (Wildman–Crippen MR) is 187 cm³/mol. The van der Waals surface area contributed by atoms with Crippen LogP contribution in [0.1, 0.15) is 163 Å². The molecule has 0 aliphatic heterocycles. The van der Waals surface area contributed by atoms with Gasteiger partial charge in [-0.1, -0.05) is 104 Å². The van der Waals surface area contributed by atoms with E-state index in [2.05, 4.69) is 23.7 Å². The van der Waals surface area contributed by atoms with E-state index < -0.39 is 5.60 Å². The molecular formula is C36H67N3O4S. The summed E-state index contributed by atoms with van der Waals surface area (Å²) < 4.78 is 11.1. The standard InChI is InChI=1S/C36H67N3O4S/c1-6-8-10-12-14-19-23-31-42-33(40)25-20-16-15-18-22-28-38(27-21-17-13-11-9-7-2)29-24-30-39(34-37-26-32-44-34)35(41)43-36(3,4)5/h26,32H,6-25,27-31H2,1-5H3. The fourth-order valence-electron chi connectivity index (χ4n) is 5.29. The summed E-state index contributed by atoms with van der Waals surface area (Å²) in [7, 11) is 0. The summed E-state index contributed by atoms with van der Waals surface area (Å²) in [5, 5.41) is 2.60. The number of hydrogen-bond donors (Lipinski definition) is 0. The van der Waals surface area contributed by atoms with Crippen LogP contribution in [0.25, 0.3) is 0 Å². The summed E-state index contributed by atoms with van der Waals surface area (Å²) >= 11 is 1.47. The highest BCUT2D eigenvalue weighted by Crippen LogP contribution is 2.21. The molecular weight excluding hydrogens is 570 g/mol. The van der Waals surface area contributed by atoms with Crippen molar-refractivity contribution in [3.63, 3.8) is 0 Å². The molecule has 44 heavy (non-hydrogen) atoms. The molecule has 0 saturated carbocycles. The highest BCUT2D eigenvalue weighted by atomic mass is 32.1. The predicted octanol–water partition coefficient (Wildman–Crippen LogP) is 10.6. The van der Waals surface area contributed by atoms with Crippen LogP contribution in [0.5, 0.6) is 0 Å². The van der Waals surface area contributed by atoms with Crippen LogP contribution in [0.4, 0.5) is 9.93 Å². The van der Waals surface area contributed by atoms with Crippen molar-refractivity contribution in [2.75, 3.05) is 37.7 Å². The largest absolute Gasteiger partial charge is 0.466 e. The van der Waals surface area contributed by atoms with Crippen molar-refractivity contribution >= 4 is 28.5 Å². The van der Waals surface area contributed by atoms with Crippen molar-refractivity contribution in [1.29, 1.82) is 0 Å². The maximum absolute atomic E-state index is 12.9. The van der Waals surface area contributed by atoms with Crippen LogP contribution in [-0.4, -0.2) is 60.3 Å². The van der Waals surface area contributed by atoms with Crippen LogP contribution in [0, 0.1) is 0 Å². The van der Waals surface area contributed by atoms with Crippen molar-refractivity contribution < 1.29 is 19.1 Å². The number of amides is 1. The van der Waals surface area contributed by atoms with Gasteiger partial charge in [-0.15, -0.1) is 11.3 Å². The molecule has 0 aromatic carbocycles. The molecule has 0 aliphatic carbocycles. The van der Waals surface area contributed by atoms with Gasteiger partial charge >= 0.3 is 12.1 Å². The minimum atomic E-state index is -0.538. The number of carbonyl (C=O) groups is 2. The fourth-order valence-corrected chi connectivity index (χ4v) is 5.95. The minimum Gasteiger partial charge on any atom is -0.466 e. The topological polar surface area (TPSA) is 72.0 Å². The molecule has 7 nitrogen and oxygen atoms in total. The molecule has 0 fully saturated rings. The fraction of sp³-hybridized carbons (Fsp3) is 0.861. The van der Waals surface area contributed by atoms with Gasteiger partial charge in [-0.25, -0.2) is 9.78 Å². The van der Waals surface area contributed by atoms with Crippen LogP contribution in [0.2, 0.25) is 0 Å². The first kappa shape index (κ1) is 40.4. The number of unbranched alkanes of at least 4 members (excludes halogenated alkanes) is 15. The molecule has 0 saturated heterocycles. The molecule has 1 aromatic rings. The summed E-state index contributed by atoms with van der Waals surface area (Å²) in [4.78, 5) is 33.6. The van der Waals surface area contributed by atoms with E-state index in [9.17, 15) is 9.59 Å². The van der Waals surface area contributed by atoms with Gasteiger partial charge < -0.3 is 14.4 Å². The lowest BCUT2D eigenvalue weighted by molar-refractivity contribution is -0.143. The minimum absolute atomic E-state index is 0.0285. The molecule has 0 spiro atoms. The van der Waals surface area contributed by atoms with Crippen LogP contribution >= 0.6 is 11.3 Å². The summed E-state index contributed by atoms with van der Waals surface area (Å²) in [5.41, 5.74) is -0.538. The number of ether oxygens (including phenoxy) is 2.